The average molecular weight is 293 g/mol. The first-order chi connectivity index (χ1) is 10.9. The number of nitrogens with zero attached hydrogens (tertiary/aromatic N) is 1. The van der Waals surface area contributed by atoms with Crippen molar-refractivity contribution in [3.8, 4) is 11.5 Å². The first-order valence-corrected chi connectivity index (χ1v) is 8.44. The van der Waals surface area contributed by atoms with Gasteiger partial charge in [0.2, 0.25) is 0 Å². The van der Waals surface area contributed by atoms with Crippen LogP contribution in [0.3, 0.4) is 0 Å². The van der Waals surface area contributed by atoms with Gasteiger partial charge in [0.25, 0.3) is 0 Å². The summed E-state index contributed by atoms with van der Waals surface area (Å²) < 4.78 is 5.97. The Morgan fingerprint density at radius 3 is 2.41 bits per heavy atom. The lowest BCUT2D eigenvalue weighted by molar-refractivity contribution is 0.276. The van der Waals surface area contributed by atoms with Gasteiger partial charge in [0.05, 0.1) is 0 Å². The summed E-state index contributed by atoms with van der Waals surface area (Å²) in [6.45, 7) is 3.71. The minimum atomic E-state index is 0.909. The van der Waals surface area contributed by atoms with E-state index >= 15 is 0 Å². The molecule has 114 valence electrons. The summed E-state index contributed by atoms with van der Waals surface area (Å²) in [5.41, 5.74) is 2.96. The summed E-state index contributed by atoms with van der Waals surface area (Å²) in [5.74, 6) is 2.85. The molecule has 0 N–H and O–H groups in total. The van der Waals surface area contributed by atoms with Crippen LogP contribution in [-0.4, -0.2) is 24.5 Å². The molecule has 1 heterocycles. The summed E-state index contributed by atoms with van der Waals surface area (Å²) in [6, 6.07) is 16.6. The highest BCUT2D eigenvalue weighted by Crippen LogP contribution is 2.31. The number of hydrogen-bond acceptors (Lipinski definition) is 2. The first-order valence-electron chi connectivity index (χ1n) is 8.44. The minimum absolute atomic E-state index is 0.909. The number of para-hydroxylation sites is 1. The van der Waals surface area contributed by atoms with Crippen molar-refractivity contribution in [2.45, 2.75) is 25.7 Å². The second-order valence-corrected chi connectivity index (χ2v) is 6.59. The Bertz CT molecular complexity index is 633. The molecule has 0 aromatic heterocycles. The van der Waals surface area contributed by atoms with E-state index in [1.54, 1.807) is 0 Å². The van der Waals surface area contributed by atoms with Crippen LogP contribution in [-0.2, 0) is 12.8 Å². The zero-order chi connectivity index (χ0) is 14.8. The van der Waals surface area contributed by atoms with Gasteiger partial charge in [-0.2, -0.15) is 0 Å². The van der Waals surface area contributed by atoms with E-state index in [4.69, 9.17) is 4.74 Å². The van der Waals surface area contributed by atoms with Gasteiger partial charge < -0.3 is 9.64 Å². The third-order valence-corrected chi connectivity index (χ3v) is 4.76. The molecule has 0 amide bonds. The van der Waals surface area contributed by atoms with E-state index in [9.17, 15) is 0 Å². The van der Waals surface area contributed by atoms with Crippen LogP contribution in [0.25, 0.3) is 0 Å². The second kappa shape index (κ2) is 6.13. The molecular formula is C20H23NO. The van der Waals surface area contributed by atoms with E-state index in [0.29, 0.717) is 0 Å². The van der Waals surface area contributed by atoms with E-state index < -0.39 is 0 Å². The molecule has 0 saturated heterocycles. The third kappa shape index (κ3) is 3.33. The molecule has 1 saturated carbocycles. The minimum Gasteiger partial charge on any atom is -0.457 e. The van der Waals surface area contributed by atoms with Gasteiger partial charge in [-0.25, -0.2) is 0 Å². The largest absolute Gasteiger partial charge is 0.457 e. The molecule has 1 fully saturated rings. The summed E-state index contributed by atoms with van der Waals surface area (Å²) in [4.78, 5) is 2.65. The lowest BCUT2D eigenvalue weighted by Gasteiger charge is -2.18. The molecule has 0 spiro atoms. The Balaban J connectivity index is 1.46. The van der Waals surface area contributed by atoms with Crippen molar-refractivity contribution >= 4 is 0 Å². The standard InChI is InChI=1S/C20H23NO/c1-2-4-19(5-3-1)22-20-9-8-17-10-12-21(15-16-6-7-16)13-11-18(17)14-20/h1-5,8-9,14,16H,6-7,10-13,15H2. The van der Waals surface area contributed by atoms with Crippen LogP contribution in [0.2, 0.25) is 0 Å². The maximum Gasteiger partial charge on any atom is 0.127 e. The molecule has 22 heavy (non-hydrogen) atoms. The van der Waals surface area contributed by atoms with Gasteiger partial charge in [0.1, 0.15) is 11.5 Å². The van der Waals surface area contributed by atoms with Gasteiger partial charge in [-0.3, -0.25) is 0 Å². The van der Waals surface area contributed by atoms with Crippen molar-refractivity contribution < 1.29 is 4.74 Å². The second-order valence-electron chi connectivity index (χ2n) is 6.59. The maximum absolute atomic E-state index is 5.97. The topological polar surface area (TPSA) is 12.5 Å². The number of rotatable bonds is 4. The van der Waals surface area contributed by atoms with Gasteiger partial charge in [-0.05, 0) is 67.0 Å². The molecule has 0 unspecified atom stereocenters. The molecule has 2 nitrogen and oxygen atoms in total. The third-order valence-electron chi connectivity index (χ3n) is 4.76. The molecule has 2 aliphatic rings. The van der Waals surface area contributed by atoms with Gasteiger partial charge in [-0.1, -0.05) is 24.3 Å². The lowest BCUT2D eigenvalue weighted by atomic mass is 10.0. The van der Waals surface area contributed by atoms with E-state index in [1.807, 2.05) is 30.3 Å². The summed E-state index contributed by atoms with van der Waals surface area (Å²) in [7, 11) is 0. The van der Waals surface area contributed by atoms with Crippen molar-refractivity contribution in [2.24, 2.45) is 5.92 Å². The summed E-state index contributed by atoms with van der Waals surface area (Å²) in [5, 5.41) is 0. The zero-order valence-electron chi connectivity index (χ0n) is 13.0. The van der Waals surface area contributed by atoms with Crippen LogP contribution in [0, 0.1) is 5.92 Å². The average Bonchev–Trinajstić information content (AvgIpc) is 3.37. The fourth-order valence-electron chi connectivity index (χ4n) is 3.28. The molecule has 1 aliphatic carbocycles. The van der Waals surface area contributed by atoms with Crippen LogP contribution in [0.4, 0.5) is 0 Å². The zero-order valence-corrected chi connectivity index (χ0v) is 13.0. The van der Waals surface area contributed by atoms with E-state index in [0.717, 1.165) is 23.8 Å². The highest BCUT2D eigenvalue weighted by atomic mass is 16.5. The van der Waals surface area contributed by atoms with Crippen molar-refractivity contribution in [3.63, 3.8) is 0 Å². The predicted molar refractivity (Wildman–Crippen MR) is 89.5 cm³/mol. The maximum atomic E-state index is 5.97. The molecule has 2 aromatic rings. The van der Waals surface area contributed by atoms with Crippen LogP contribution in [0.1, 0.15) is 24.0 Å². The SMILES string of the molecule is c1ccc(Oc2ccc3c(c2)CCN(CC2CC2)CC3)cc1. The molecule has 2 aromatic carbocycles. The fraction of sp³-hybridized carbons (Fsp3) is 0.400. The van der Waals surface area contributed by atoms with Crippen LogP contribution < -0.4 is 4.74 Å². The monoisotopic (exact) mass is 293 g/mol. The van der Waals surface area contributed by atoms with E-state index in [-0.39, 0.29) is 0 Å². The van der Waals surface area contributed by atoms with Crippen molar-refractivity contribution in [2.75, 3.05) is 19.6 Å². The number of fused-ring (bicyclic) bond motifs is 1. The first kappa shape index (κ1) is 13.8. The quantitative estimate of drug-likeness (QED) is 0.834. The highest BCUT2D eigenvalue weighted by molar-refractivity contribution is 5.39. The Hall–Kier alpha value is -1.80. The molecule has 4 rings (SSSR count). The van der Waals surface area contributed by atoms with Gasteiger partial charge in [-0.15, -0.1) is 0 Å². The van der Waals surface area contributed by atoms with Crippen LogP contribution in [0.15, 0.2) is 48.5 Å². The van der Waals surface area contributed by atoms with Gasteiger partial charge in [0.15, 0.2) is 0 Å². The van der Waals surface area contributed by atoms with Gasteiger partial charge in [0, 0.05) is 19.6 Å². The molecule has 0 radical (unpaired) electrons. The summed E-state index contributed by atoms with van der Waals surface area (Å²) in [6.07, 6.45) is 5.21. The van der Waals surface area contributed by atoms with Gasteiger partial charge >= 0.3 is 0 Å². The Labute approximate surface area is 132 Å². The molecular weight excluding hydrogens is 270 g/mol. The summed E-state index contributed by atoms with van der Waals surface area (Å²) >= 11 is 0. The van der Waals surface area contributed by atoms with E-state index in [2.05, 4.69) is 23.1 Å². The Kier molecular flexibility index (Phi) is 3.86. The number of benzene rings is 2. The number of hydrogen-bond donors (Lipinski definition) is 0. The van der Waals surface area contributed by atoms with Crippen molar-refractivity contribution in [3.05, 3.63) is 59.7 Å². The molecule has 2 heteroatoms. The predicted octanol–water partition coefficient (Wildman–Crippen LogP) is 4.29. The van der Waals surface area contributed by atoms with E-state index in [1.165, 1.54) is 50.0 Å². The fourth-order valence-corrected chi connectivity index (χ4v) is 3.28. The molecule has 0 atom stereocenters. The van der Waals surface area contributed by atoms with Crippen molar-refractivity contribution in [1.29, 1.82) is 0 Å². The molecule has 1 aliphatic heterocycles. The highest BCUT2D eigenvalue weighted by Gasteiger charge is 2.25. The Morgan fingerprint density at radius 1 is 0.864 bits per heavy atom. The Morgan fingerprint density at radius 2 is 1.64 bits per heavy atom. The van der Waals surface area contributed by atoms with Crippen molar-refractivity contribution in [1.82, 2.24) is 4.90 Å². The van der Waals surface area contributed by atoms with Crippen LogP contribution >= 0.6 is 0 Å². The normalized spacial score (nSPS) is 18.5. The van der Waals surface area contributed by atoms with Crippen LogP contribution in [0.5, 0.6) is 11.5 Å². The molecule has 0 bridgehead atoms. The smallest absolute Gasteiger partial charge is 0.127 e. The lowest BCUT2D eigenvalue weighted by Crippen LogP contribution is -2.28. The number of ether oxygens (including phenoxy) is 1.